The van der Waals surface area contributed by atoms with Gasteiger partial charge >= 0.3 is 0 Å². The maximum absolute atomic E-state index is 13.1. The number of hydrogen-bond donors (Lipinski definition) is 1. The number of nitrogens with one attached hydrogen (secondary N) is 1. The van der Waals surface area contributed by atoms with Crippen LogP contribution in [-0.4, -0.2) is 56.3 Å². The molecule has 0 bridgehead atoms. The van der Waals surface area contributed by atoms with Crippen molar-refractivity contribution in [2.24, 2.45) is 0 Å². The molecule has 1 heterocycles. The van der Waals surface area contributed by atoms with Crippen molar-refractivity contribution in [1.29, 1.82) is 0 Å². The number of carbonyl (C=O) groups is 1. The summed E-state index contributed by atoms with van der Waals surface area (Å²) >= 11 is 12.0. The summed E-state index contributed by atoms with van der Waals surface area (Å²) in [7, 11) is -3.59. The van der Waals surface area contributed by atoms with Crippen LogP contribution in [0.15, 0.2) is 65.6 Å². The van der Waals surface area contributed by atoms with Gasteiger partial charge in [-0.3, -0.25) is 9.69 Å². The predicted molar refractivity (Wildman–Crippen MR) is 124 cm³/mol. The molecule has 3 aromatic rings. The highest BCUT2D eigenvalue weighted by Gasteiger charge is 2.29. The molecule has 3 aromatic carbocycles. The zero-order chi connectivity index (χ0) is 22.0. The first-order valence-electron chi connectivity index (χ1n) is 9.79. The van der Waals surface area contributed by atoms with Crippen molar-refractivity contribution < 1.29 is 13.2 Å². The van der Waals surface area contributed by atoms with Gasteiger partial charge in [0.05, 0.1) is 22.2 Å². The molecule has 1 fully saturated rings. The fraction of sp³-hybridized carbons (Fsp3) is 0.227. The Labute approximate surface area is 191 Å². The third-order valence-electron chi connectivity index (χ3n) is 5.26. The molecule has 0 unspecified atom stereocenters. The molecule has 0 aliphatic carbocycles. The molecule has 1 N–H and O–H groups in total. The van der Waals surface area contributed by atoms with Gasteiger partial charge in [0.15, 0.2) is 0 Å². The van der Waals surface area contributed by atoms with Crippen molar-refractivity contribution in [3.8, 4) is 0 Å². The van der Waals surface area contributed by atoms with Gasteiger partial charge in [-0.1, -0.05) is 53.5 Å². The summed E-state index contributed by atoms with van der Waals surface area (Å²) in [4.78, 5) is 14.6. The Morgan fingerprint density at radius 3 is 2.35 bits per heavy atom. The number of sulfonamides is 1. The lowest BCUT2D eigenvalue weighted by Gasteiger charge is -2.33. The molecule has 0 saturated carbocycles. The maximum atomic E-state index is 13.1. The van der Waals surface area contributed by atoms with Crippen LogP contribution >= 0.6 is 23.2 Å². The molecule has 6 nitrogen and oxygen atoms in total. The molecule has 162 valence electrons. The Kier molecular flexibility index (Phi) is 6.50. The number of anilines is 1. The van der Waals surface area contributed by atoms with Gasteiger partial charge in [0.25, 0.3) is 0 Å². The van der Waals surface area contributed by atoms with E-state index < -0.39 is 10.0 Å². The molecule has 31 heavy (non-hydrogen) atoms. The van der Waals surface area contributed by atoms with Crippen LogP contribution in [-0.2, 0) is 14.8 Å². The summed E-state index contributed by atoms with van der Waals surface area (Å²) < 4.78 is 27.6. The van der Waals surface area contributed by atoms with Crippen LogP contribution in [0.5, 0.6) is 0 Å². The van der Waals surface area contributed by atoms with E-state index in [1.54, 1.807) is 30.3 Å². The van der Waals surface area contributed by atoms with Crippen LogP contribution in [0.2, 0.25) is 10.0 Å². The van der Waals surface area contributed by atoms with E-state index in [0.717, 1.165) is 10.8 Å². The first-order valence-corrected chi connectivity index (χ1v) is 12.0. The van der Waals surface area contributed by atoms with Crippen LogP contribution < -0.4 is 5.32 Å². The Bertz CT molecular complexity index is 1230. The van der Waals surface area contributed by atoms with Crippen molar-refractivity contribution in [2.45, 2.75) is 4.90 Å². The monoisotopic (exact) mass is 477 g/mol. The molecule has 1 saturated heterocycles. The number of fused-ring (bicyclic) bond motifs is 1. The fourth-order valence-corrected chi connectivity index (χ4v) is 5.39. The highest BCUT2D eigenvalue weighted by molar-refractivity contribution is 7.89. The van der Waals surface area contributed by atoms with Crippen LogP contribution in [0.3, 0.4) is 0 Å². The first-order chi connectivity index (χ1) is 14.8. The fourth-order valence-electron chi connectivity index (χ4n) is 3.59. The Morgan fingerprint density at radius 1 is 0.903 bits per heavy atom. The lowest BCUT2D eigenvalue weighted by atomic mass is 10.1. The van der Waals surface area contributed by atoms with Crippen molar-refractivity contribution in [2.75, 3.05) is 38.0 Å². The van der Waals surface area contributed by atoms with E-state index in [1.807, 2.05) is 35.2 Å². The quantitative estimate of drug-likeness (QED) is 0.600. The van der Waals surface area contributed by atoms with Gasteiger partial charge in [-0.15, -0.1) is 0 Å². The lowest BCUT2D eigenvalue weighted by molar-refractivity contribution is -0.117. The van der Waals surface area contributed by atoms with Gasteiger partial charge < -0.3 is 5.32 Å². The number of benzene rings is 3. The van der Waals surface area contributed by atoms with Crippen LogP contribution in [0, 0.1) is 0 Å². The number of halogens is 2. The van der Waals surface area contributed by atoms with Crippen molar-refractivity contribution in [1.82, 2.24) is 9.21 Å². The van der Waals surface area contributed by atoms with Crippen LogP contribution in [0.4, 0.5) is 5.69 Å². The van der Waals surface area contributed by atoms with Gasteiger partial charge in [0, 0.05) is 31.2 Å². The summed E-state index contributed by atoms with van der Waals surface area (Å²) in [6.45, 7) is 1.71. The van der Waals surface area contributed by atoms with Gasteiger partial charge in [0.1, 0.15) is 0 Å². The largest absolute Gasteiger partial charge is 0.324 e. The Hall–Kier alpha value is -2.16. The molecule has 1 aliphatic rings. The minimum absolute atomic E-state index is 0.146. The molecular formula is C22H21Cl2N3O3S. The number of nitrogens with zero attached hydrogens (tertiary/aromatic N) is 2. The number of carbonyl (C=O) groups excluding carboxylic acids is 1. The zero-order valence-electron chi connectivity index (χ0n) is 16.6. The van der Waals surface area contributed by atoms with Gasteiger partial charge in [-0.25, -0.2) is 8.42 Å². The van der Waals surface area contributed by atoms with Gasteiger partial charge in [0.2, 0.25) is 15.9 Å². The molecule has 0 spiro atoms. The number of amides is 1. The van der Waals surface area contributed by atoms with Gasteiger partial charge in [-0.05, 0) is 41.1 Å². The minimum atomic E-state index is -3.59. The molecule has 9 heteroatoms. The summed E-state index contributed by atoms with van der Waals surface area (Å²) in [5, 5.41) is 5.52. The van der Waals surface area contributed by atoms with E-state index in [0.29, 0.717) is 41.9 Å². The topological polar surface area (TPSA) is 69.7 Å². The summed E-state index contributed by atoms with van der Waals surface area (Å²) in [6, 6.07) is 17.7. The summed E-state index contributed by atoms with van der Waals surface area (Å²) in [6.07, 6.45) is 0. The van der Waals surface area contributed by atoms with Crippen molar-refractivity contribution >= 4 is 55.6 Å². The number of rotatable bonds is 5. The SMILES string of the molecule is O=C(CN1CCN(S(=O)(=O)c2ccc3ccccc3c2)CC1)Nc1cc(Cl)ccc1Cl. The van der Waals surface area contributed by atoms with Crippen molar-refractivity contribution in [3.63, 3.8) is 0 Å². The van der Waals surface area contributed by atoms with E-state index in [2.05, 4.69) is 5.32 Å². The van der Waals surface area contributed by atoms with E-state index in [1.165, 1.54) is 4.31 Å². The Morgan fingerprint density at radius 2 is 1.61 bits per heavy atom. The standard InChI is InChI=1S/C22H21Cl2N3O3S/c23-18-6-8-20(24)21(14-18)25-22(28)15-26-9-11-27(12-10-26)31(29,30)19-7-5-16-3-1-2-4-17(16)13-19/h1-8,13-14H,9-12,15H2,(H,25,28). The molecule has 0 atom stereocenters. The highest BCUT2D eigenvalue weighted by Crippen LogP contribution is 2.26. The lowest BCUT2D eigenvalue weighted by Crippen LogP contribution is -2.50. The minimum Gasteiger partial charge on any atom is -0.324 e. The maximum Gasteiger partial charge on any atom is 0.243 e. The second-order valence-electron chi connectivity index (χ2n) is 7.36. The predicted octanol–water partition coefficient (Wildman–Crippen LogP) is 4.09. The van der Waals surface area contributed by atoms with Crippen LogP contribution in [0.1, 0.15) is 0 Å². The highest BCUT2D eigenvalue weighted by atomic mass is 35.5. The zero-order valence-corrected chi connectivity index (χ0v) is 18.9. The first kappa shape index (κ1) is 22.0. The van der Waals surface area contributed by atoms with E-state index in [4.69, 9.17) is 23.2 Å². The number of hydrogen-bond acceptors (Lipinski definition) is 4. The molecule has 1 aliphatic heterocycles. The average molecular weight is 478 g/mol. The number of piperazine rings is 1. The van der Waals surface area contributed by atoms with E-state index in [9.17, 15) is 13.2 Å². The summed E-state index contributed by atoms with van der Waals surface area (Å²) in [5.74, 6) is -0.227. The second-order valence-corrected chi connectivity index (χ2v) is 10.1. The third-order valence-corrected chi connectivity index (χ3v) is 7.72. The van der Waals surface area contributed by atoms with Gasteiger partial charge in [-0.2, -0.15) is 4.31 Å². The molecule has 0 aromatic heterocycles. The molecule has 1 amide bonds. The van der Waals surface area contributed by atoms with E-state index in [-0.39, 0.29) is 17.3 Å². The van der Waals surface area contributed by atoms with Crippen molar-refractivity contribution in [3.05, 3.63) is 70.7 Å². The normalized spacial score (nSPS) is 15.8. The third kappa shape index (κ3) is 5.02. The average Bonchev–Trinajstić information content (AvgIpc) is 2.76. The summed E-state index contributed by atoms with van der Waals surface area (Å²) in [5.41, 5.74) is 0.455. The molecule has 0 radical (unpaired) electrons. The second kappa shape index (κ2) is 9.14. The molecule has 4 rings (SSSR count). The molecular weight excluding hydrogens is 457 g/mol. The van der Waals surface area contributed by atoms with E-state index >= 15 is 0 Å². The Balaban J connectivity index is 1.37. The smallest absolute Gasteiger partial charge is 0.243 e. The van der Waals surface area contributed by atoms with Crippen LogP contribution in [0.25, 0.3) is 10.8 Å².